The van der Waals surface area contributed by atoms with Gasteiger partial charge in [0.15, 0.2) is 0 Å². The molecule has 37 heavy (non-hydrogen) atoms. The Labute approximate surface area is 217 Å². The lowest BCUT2D eigenvalue weighted by molar-refractivity contribution is -0.136. The Bertz CT molecular complexity index is 1310. The van der Waals surface area contributed by atoms with E-state index in [1.54, 1.807) is 12.1 Å². The molecule has 0 amide bonds. The van der Waals surface area contributed by atoms with Gasteiger partial charge in [-0.05, 0) is 40.8 Å². The fraction of sp³-hybridized carbons (Fsp3) is 0.226. The van der Waals surface area contributed by atoms with E-state index in [0.717, 1.165) is 16.7 Å². The predicted molar refractivity (Wildman–Crippen MR) is 143 cm³/mol. The summed E-state index contributed by atoms with van der Waals surface area (Å²) in [4.78, 5) is 16.1. The van der Waals surface area contributed by atoms with Gasteiger partial charge in [-0.2, -0.15) is 4.98 Å². The van der Waals surface area contributed by atoms with Crippen molar-refractivity contribution in [1.82, 2.24) is 4.98 Å². The van der Waals surface area contributed by atoms with Gasteiger partial charge in [0, 0.05) is 17.2 Å². The fourth-order valence-electron chi connectivity index (χ4n) is 3.73. The second-order valence-electron chi connectivity index (χ2n) is 9.16. The van der Waals surface area contributed by atoms with Gasteiger partial charge in [-0.25, -0.2) is 0 Å². The number of hydrogen-bond acceptors (Lipinski definition) is 5. The summed E-state index contributed by atoms with van der Waals surface area (Å²) in [7, 11) is 0. The molecule has 6 nitrogen and oxygen atoms in total. The van der Waals surface area contributed by atoms with Crippen molar-refractivity contribution in [1.29, 1.82) is 0 Å². The van der Waals surface area contributed by atoms with Crippen molar-refractivity contribution in [3.63, 3.8) is 0 Å². The van der Waals surface area contributed by atoms with Crippen LogP contribution < -0.4 is 14.2 Å². The first-order valence-electron chi connectivity index (χ1n) is 12.3. The van der Waals surface area contributed by atoms with Gasteiger partial charge in [0.05, 0.1) is 13.0 Å². The Hall–Kier alpha value is -4.32. The molecule has 1 N–H and O–H groups in total. The first-order valence-corrected chi connectivity index (χ1v) is 12.3. The van der Waals surface area contributed by atoms with Crippen LogP contribution in [-0.4, -0.2) is 22.7 Å². The summed E-state index contributed by atoms with van der Waals surface area (Å²) >= 11 is 0. The summed E-state index contributed by atoms with van der Waals surface area (Å²) in [5.74, 6) is 0.891. The Kier molecular flexibility index (Phi) is 8.76. The first-order chi connectivity index (χ1) is 18.0. The van der Waals surface area contributed by atoms with Gasteiger partial charge in [0.2, 0.25) is 11.8 Å². The highest BCUT2D eigenvalue weighted by atomic mass is 16.5. The molecule has 3 aromatic carbocycles. The number of ether oxygens (including phenoxy) is 3. The Morgan fingerprint density at radius 2 is 1.41 bits per heavy atom. The molecule has 0 spiro atoms. The SMILES string of the molecule is CC(C)COc1ccc(CC(=O)O)cc1-c1ccc(OCc2ccccc2)nc1OCc1ccccc1. The molecule has 0 radical (unpaired) electrons. The monoisotopic (exact) mass is 497 g/mol. The van der Waals surface area contributed by atoms with E-state index in [0.29, 0.717) is 54.4 Å². The Morgan fingerprint density at radius 1 is 0.757 bits per heavy atom. The van der Waals surface area contributed by atoms with Crippen molar-refractivity contribution >= 4 is 5.97 Å². The van der Waals surface area contributed by atoms with E-state index in [9.17, 15) is 9.90 Å². The number of carboxylic acid groups (broad SMARTS) is 1. The molecule has 0 bridgehead atoms. The van der Waals surface area contributed by atoms with Crippen LogP contribution >= 0.6 is 0 Å². The lowest BCUT2D eigenvalue weighted by Crippen LogP contribution is -2.07. The minimum Gasteiger partial charge on any atom is -0.493 e. The zero-order valence-corrected chi connectivity index (χ0v) is 21.1. The number of aromatic nitrogens is 1. The molecular weight excluding hydrogens is 466 g/mol. The molecule has 0 unspecified atom stereocenters. The van der Waals surface area contributed by atoms with Crippen LogP contribution in [0.3, 0.4) is 0 Å². The second-order valence-corrected chi connectivity index (χ2v) is 9.16. The fourth-order valence-corrected chi connectivity index (χ4v) is 3.73. The van der Waals surface area contributed by atoms with Crippen molar-refractivity contribution < 1.29 is 24.1 Å². The van der Waals surface area contributed by atoms with Gasteiger partial charge >= 0.3 is 5.97 Å². The summed E-state index contributed by atoms with van der Waals surface area (Å²) in [5, 5.41) is 9.34. The lowest BCUT2D eigenvalue weighted by Gasteiger charge is -2.18. The minimum atomic E-state index is -0.898. The van der Waals surface area contributed by atoms with Crippen LogP contribution in [0.5, 0.6) is 17.5 Å². The minimum absolute atomic E-state index is 0.0939. The molecule has 6 heteroatoms. The maximum atomic E-state index is 11.4. The average Bonchev–Trinajstić information content (AvgIpc) is 2.91. The largest absolute Gasteiger partial charge is 0.493 e. The van der Waals surface area contributed by atoms with Crippen molar-refractivity contribution in [3.8, 4) is 28.6 Å². The molecular formula is C31H31NO5. The highest BCUT2D eigenvalue weighted by Gasteiger charge is 2.17. The number of hydrogen-bond donors (Lipinski definition) is 1. The molecule has 0 aliphatic rings. The van der Waals surface area contributed by atoms with E-state index in [1.165, 1.54) is 0 Å². The van der Waals surface area contributed by atoms with E-state index in [4.69, 9.17) is 14.2 Å². The number of nitrogens with zero attached hydrogens (tertiary/aromatic N) is 1. The lowest BCUT2D eigenvalue weighted by atomic mass is 10.0. The van der Waals surface area contributed by atoms with Crippen molar-refractivity contribution in [2.75, 3.05) is 6.61 Å². The standard InChI is InChI=1S/C31H31NO5/c1-22(2)19-35-28-15-13-25(18-30(33)34)17-27(28)26-14-16-29(36-20-23-9-5-3-6-10-23)32-31(26)37-21-24-11-7-4-8-12-24/h3-17,22H,18-21H2,1-2H3,(H,33,34). The Balaban J connectivity index is 1.70. The zero-order chi connectivity index (χ0) is 26.0. The molecule has 0 aliphatic heterocycles. The molecule has 0 saturated carbocycles. The number of rotatable bonds is 12. The highest BCUT2D eigenvalue weighted by molar-refractivity contribution is 5.77. The van der Waals surface area contributed by atoms with Crippen LogP contribution in [0.2, 0.25) is 0 Å². The molecule has 1 heterocycles. The molecule has 4 aromatic rings. The number of benzene rings is 3. The third-order valence-electron chi connectivity index (χ3n) is 5.54. The normalized spacial score (nSPS) is 10.8. The summed E-state index contributed by atoms with van der Waals surface area (Å²) in [6, 6.07) is 28.8. The van der Waals surface area contributed by atoms with E-state index >= 15 is 0 Å². The number of aliphatic carboxylic acids is 1. The van der Waals surface area contributed by atoms with E-state index in [1.807, 2.05) is 78.9 Å². The van der Waals surface area contributed by atoms with Gasteiger partial charge in [0.25, 0.3) is 0 Å². The van der Waals surface area contributed by atoms with Gasteiger partial charge < -0.3 is 19.3 Å². The van der Waals surface area contributed by atoms with Gasteiger partial charge in [-0.15, -0.1) is 0 Å². The topological polar surface area (TPSA) is 77.9 Å². The zero-order valence-electron chi connectivity index (χ0n) is 21.1. The Morgan fingerprint density at radius 3 is 2.03 bits per heavy atom. The van der Waals surface area contributed by atoms with Crippen LogP contribution in [0.4, 0.5) is 0 Å². The smallest absolute Gasteiger partial charge is 0.307 e. The van der Waals surface area contributed by atoms with Crippen LogP contribution in [-0.2, 0) is 24.4 Å². The summed E-state index contributed by atoms with van der Waals surface area (Å²) in [5.41, 5.74) is 4.13. The first kappa shape index (κ1) is 25.8. The molecule has 0 fully saturated rings. The van der Waals surface area contributed by atoms with E-state index in [-0.39, 0.29) is 6.42 Å². The van der Waals surface area contributed by atoms with Crippen LogP contribution in [0, 0.1) is 5.92 Å². The highest BCUT2D eigenvalue weighted by Crippen LogP contribution is 2.38. The van der Waals surface area contributed by atoms with Crippen molar-refractivity contribution in [2.24, 2.45) is 5.92 Å². The number of carboxylic acids is 1. The predicted octanol–water partition coefficient (Wildman–Crippen LogP) is 6.57. The van der Waals surface area contributed by atoms with Gasteiger partial charge in [-0.1, -0.05) is 80.6 Å². The summed E-state index contributed by atoms with van der Waals surface area (Å²) in [6.07, 6.45) is -0.0939. The molecule has 0 atom stereocenters. The van der Waals surface area contributed by atoms with Gasteiger partial charge in [0.1, 0.15) is 19.0 Å². The van der Waals surface area contributed by atoms with Crippen LogP contribution in [0.15, 0.2) is 91.0 Å². The third kappa shape index (κ3) is 7.58. The van der Waals surface area contributed by atoms with Crippen molar-refractivity contribution in [3.05, 3.63) is 108 Å². The summed E-state index contributed by atoms with van der Waals surface area (Å²) < 4.78 is 18.3. The average molecular weight is 498 g/mol. The second kappa shape index (κ2) is 12.6. The van der Waals surface area contributed by atoms with Crippen LogP contribution in [0.1, 0.15) is 30.5 Å². The number of carbonyl (C=O) groups is 1. The molecule has 1 aromatic heterocycles. The maximum Gasteiger partial charge on any atom is 0.307 e. The quantitative estimate of drug-likeness (QED) is 0.239. The summed E-state index contributed by atoms with van der Waals surface area (Å²) in [6.45, 7) is 5.37. The van der Waals surface area contributed by atoms with Crippen LogP contribution in [0.25, 0.3) is 11.1 Å². The molecule has 0 saturated heterocycles. The third-order valence-corrected chi connectivity index (χ3v) is 5.54. The van der Waals surface area contributed by atoms with E-state index < -0.39 is 5.97 Å². The van der Waals surface area contributed by atoms with Gasteiger partial charge in [-0.3, -0.25) is 4.79 Å². The number of pyridine rings is 1. The molecule has 190 valence electrons. The van der Waals surface area contributed by atoms with E-state index in [2.05, 4.69) is 18.8 Å². The van der Waals surface area contributed by atoms with Crippen molar-refractivity contribution in [2.45, 2.75) is 33.5 Å². The molecule has 4 rings (SSSR count). The maximum absolute atomic E-state index is 11.4. The molecule has 0 aliphatic carbocycles.